The predicted molar refractivity (Wildman–Crippen MR) is 105 cm³/mol. The smallest absolute Gasteiger partial charge is 0.413 e. The van der Waals surface area contributed by atoms with E-state index in [1.54, 1.807) is 76.4 Å². The van der Waals surface area contributed by atoms with Gasteiger partial charge in [0, 0.05) is 5.56 Å². The van der Waals surface area contributed by atoms with E-state index in [-0.39, 0.29) is 0 Å². The molecule has 2 aromatic rings. The van der Waals surface area contributed by atoms with Crippen LogP contribution in [-0.2, 0) is 14.3 Å². The summed E-state index contributed by atoms with van der Waals surface area (Å²) in [6.07, 6.45) is -2.80. The second-order valence-electron chi connectivity index (χ2n) is 7.76. The maximum Gasteiger partial charge on any atom is 0.413 e. The molecule has 29 heavy (non-hydrogen) atoms. The average Bonchev–Trinajstić information content (AvgIpc) is 3.08. The van der Waals surface area contributed by atoms with E-state index >= 15 is 0 Å². The van der Waals surface area contributed by atoms with Gasteiger partial charge in [0.1, 0.15) is 17.4 Å². The van der Waals surface area contributed by atoms with E-state index in [4.69, 9.17) is 14.2 Å². The van der Waals surface area contributed by atoms with Gasteiger partial charge < -0.3 is 19.3 Å². The lowest BCUT2D eigenvalue weighted by molar-refractivity contribution is -0.150. The highest BCUT2D eigenvalue weighted by Gasteiger charge is 2.51. The summed E-state index contributed by atoms with van der Waals surface area (Å²) in [4.78, 5) is 26.5. The van der Waals surface area contributed by atoms with Crippen molar-refractivity contribution in [3.8, 4) is 5.75 Å². The van der Waals surface area contributed by atoms with Crippen LogP contribution < -0.4 is 4.74 Å². The molecule has 3 rings (SSSR count). The lowest BCUT2D eigenvalue weighted by Gasteiger charge is -2.31. The lowest BCUT2D eigenvalue weighted by atomic mass is 10.0. The van der Waals surface area contributed by atoms with Crippen LogP contribution in [0.25, 0.3) is 0 Å². The summed E-state index contributed by atoms with van der Waals surface area (Å²) in [6, 6.07) is 15.1. The summed E-state index contributed by atoms with van der Waals surface area (Å²) >= 11 is 0. The molecule has 0 radical (unpaired) electrons. The van der Waals surface area contributed by atoms with Gasteiger partial charge in [-0.1, -0.05) is 42.5 Å². The molecule has 2 aromatic carbocycles. The van der Waals surface area contributed by atoms with Gasteiger partial charge in [-0.2, -0.15) is 0 Å². The first-order valence-corrected chi connectivity index (χ1v) is 9.30. The van der Waals surface area contributed by atoms with Crippen LogP contribution in [0, 0.1) is 0 Å². The molecule has 1 saturated heterocycles. The maximum absolute atomic E-state index is 13.1. The van der Waals surface area contributed by atoms with Crippen molar-refractivity contribution >= 4 is 12.1 Å². The molecule has 0 saturated carbocycles. The number of hydrogen-bond donors (Lipinski definition) is 1. The monoisotopic (exact) mass is 399 g/mol. The lowest BCUT2D eigenvalue weighted by Crippen LogP contribution is -2.40. The van der Waals surface area contributed by atoms with Gasteiger partial charge in [0.15, 0.2) is 12.3 Å². The summed E-state index contributed by atoms with van der Waals surface area (Å²) in [7, 11) is 1.56. The first-order chi connectivity index (χ1) is 13.7. The third kappa shape index (κ3) is 4.51. The van der Waals surface area contributed by atoms with Crippen LogP contribution in [0.4, 0.5) is 4.79 Å². The van der Waals surface area contributed by atoms with E-state index in [9.17, 15) is 14.7 Å². The summed E-state index contributed by atoms with van der Waals surface area (Å²) in [5.41, 5.74) is 0.535. The minimum Gasteiger partial charge on any atom is -0.497 e. The molecule has 1 amide bonds. The van der Waals surface area contributed by atoms with Gasteiger partial charge in [0.2, 0.25) is 0 Å². The number of aliphatic carboxylic acids is 1. The number of hydrogen-bond acceptors (Lipinski definition) is 5. The first-order valence-electron chi connectivity index (χ1n) is 9.30. The Morgan fingerprint density at radius 3 is 2.14 bits per heavy atom. The Kier molecular flexibility index (Phi) is 5.79. The van der Waals surface area contributed by atoms with Crippen LogP contribution in [0.2, 0.25) is 0 Å². The molecule has 0 unspecified atom stereocenters. The van der Waals surface area contributed by atoms with Gasteiger partial charge in [-0.3, -0.25) is 4.90 Å². The maximum atomic E-state index is 13.1. The number of carboxylic acids is 1. The van der Waals surface area contributed by atoms with Gasteiger partial charge in [-0.25, -0.2) is 9.59 Å². The van der Waals surface area contributed by atoms with Crippen LogP contribution in [0.5, 0.6) is 5.75 Å². The number of amides is 1. The highest BCUT2D eigenvalue weighted by atomic mass is 16.6. The Bertz CT molecular complexity index is 859. The number of ether oxygens (including phenoxy) is 3. The molecule has 0 aliphatic carbocycles. The van der Waals surface area contributed by atoms with E-state index < -0.39 is 36.0 Å². The largest absolute Gasteiger partial charge is 0.497 e. The molecule has 0 aromatic heterocycles. The number of nitrogens with zero attached hydrogens (tertiary/aromatic N) is 1. The van der Waals surface area contributed by atoms with Crippen molar-refractivity contribution in [3.63, 3.8) is 0 Å². The fourth-order valence-electron chi connectivity index (χ4n) is 3.28. The van der Waals surface area contributed by atoms with Crippen LogP contribution in [0.15, 0.2) is 54.6 Å². The van der Waals surface area contributed by atoms with E-state index in [2.05, 4.69) is 0 Å². The minimum atomic E-state index is -1.24. The van der Waals surface area contributed by atoms with E-state index in [1.165, 1.54) is 4.90 Å². The SMILES string of the molecule is COc1ccc([C@H]2O[C@@H](C(=O)O)[C@@H](c3ccccc3)N2C(=O)OC(C)(C)C)cc1. The third-order valence-electron chi connectivity index (χ3n) is 4.50. The van der Waals surface area contributed by atoms with Gasteiger partial charge >= 0.3 is 12.1 Å². The number of methoxy groups -OCH3 is 1. The first kappa shape index (κ1) is 20.7. The van der Waals surface area contributed by atoms with Crippen molar-refractivity contribution < 1.29 is 28.9 Å². The molecule has 1 heterocycles. The standard InChI is InChI=1S/C22H25NO6/c1-22(2,3)29-21(26)23-17(14-8-6-5-7-9-14)18(20(24)25)28-19(23)15-10-12-16(27-4)13-11-15/h5-13,17-19H,1-4H3,(H,24,25)/t17-,18-,19-/m1/s1. The van der Waals surface area contributed by atoms with Crippen molar-refractivity contribution in [3.05, 3.63) is 65.7 Å². The molecular weight excluding hydrogens is 374 g/mol. The summed E-state index contributed by atoms with van der Waals surface area (Å²) < 4.78 is 16.7. The molecule has 1 fully saturated rings. The Labute approximate surface area is 169 Å². The number of carbonyl (C=O) groups is 2. The van der Waals surface area contributed by atoms with Crippen LogP contribution >= 0.6 is 0 Å². The molecule has 1 aliphatic rings. The number of carbonyl (C=O) groups excluding carboxylic acids is 1. The summed E-state index contributed by atoms with van der Waals surface area (Å²) in [5, 5.41) is 9.80. The highest BCUT2D eigenvalue weighted by Crippen LogP contribution is 2.44. The quantitative estimate of drug-likeness (QED) is 0.831. The number of carboxylic acid groups (broad SMARTS) is 1. The van der Waals surface area contributed by atoms with Crippen LogP contribution in [-0.4, -0.2) is 40.9 Å². The van der Waals surface area contributed by atoms with E-state index in [1.807, 2.05) is 6.07 Å². The van der Waals surface area contributed by atoms with Crippen molar-refractivity contribution in [1.82, 2.24) is 4.90 Å². The fourth-order valence-corrected chi connectivity index (χ4v) is 3.28. The summed E-state index contributed by atoms with van der Waals surface area (Å²) in [5.74, 6) is -0.506. The molecule has 0 spiro atoms. The molecule has 1 N–H and O–H groups in total. The zero-order valence-corrected chi connectivity index (χ0v) is 16.9. The predicted octanol–water partition coefficient (Wildman–Crippen LogP) is 4.16. The minimum absolute atomic E-state index is 0.626. The zero-order valence-electron chi connectivity index (χ0n) is 16.9. The van der Waals surface area contributed by atoms with E-state index in [0.717, 1.165) is 0 Å². The molecule has 0 bridgehead atoms. The van der Waals surface area contributed by atoms with Crippen molar-refractivity contribution in [2.45, 2.75) is 44.7 Å². The molecular formula is C22H25NO6. The third-order valence-corrected chi connectivity index (χ3v) is 4.50. The van der Waals surface area contributed by atoms with Gasteiger partial charge in [0.25, 0.3) is 0 Å². The van der Waals surface area contributed by atoms with Crippen molar-refractivity contribution in [2.24, 2.45) is 0 Å². The van der Waals surface area contributed by atoms with Crippen LogP contribution in [0.1, 0.15) is 44.2 Å². The fraction of sp³-hybridized carbons (Fsp3) is 0.364. The molecule has 7 nitrogen and oxygen atoms in total. The number of benzene rings is 2. The Hall–Kier alpha value is -3.06. The number of rotatable bonds is 4. The van der Waals surface area contributed by atoms with Gasteiger partial charge in [-0.05, 0) is 38.5 Å². The second kappa shape index (κ2) is 8.13. The Morgan fingerprint density at radius 2 is 1.62 bits per heavy atom. The molecule has 154 valence electrons. The average molecular weight is 399 g/mol. The topological polar surface area (TPSA) is 85.3 Å². The van der Waals surface area contributed by atoms with Crippen LogP contribution in [0.3, 0.4) is 0 Å². The molecule has 1 aliphatic heterocycles. The van der Waals surface area contributed by atoms with Crippen molar-refractivity contribution in [2.75, 3.05) is 7.11 Å². The Balaban J connectivity index is 2.07. The van der Waals surface area contributed by atoms with E-state index in [0.29, 0.717) is 16.9 Å². The Morgan fingerprint density at radius 1 is 1.00 bits per heavy atom. The normalized spacial score (nSPS) is 21.7. The summed E-state index contributed by atoms with van der Waals surface area (Å²) in [6.45, 7) is 5.28. The highest BCUT2D eigenvalue weighted by molar-refractivity contribution is 5.77. The second-order valence-corrected chi connectivity index (χ2v) is 7.76. The van der Waals surface area contributed by atoms with Gasteiger partial charge in [0.05, 0.1) is 7.11 Å². The molecule has 7 heteroatoms. The van der Waals surface area contributed by atoms with Crippen molar-refractivity contribution in [1.29, 1.82) is 0 Å². The zero-order chi connectivity index (χ0) is 21.2. The molecule has 3 atom stereocenters. The van der Waals surface area contributed by atoms with Gasteiger partial charge in [-0.15, -0.1) is 0 Å².